The number of ether oxygens (including phenoxy) is 3. The summed E-state index contributed by atoms with van der Waals surface area (Å²) >= 11 is 7.78. The first-order valence-electron chi connectivity index (χ1n) is 10.8. The maximum absolute atomic E-state index is 13.4. The van der Waals surface area contributed by atoms with Gasteiger partial charge in [-0.15, -0.1) is 0 Å². The van der Waals surface area contributed by atoms with Crippen LogP contribution in [0.3, 0.4) is 0 Å². The second kappa shape index (κ2) is 11.2. The molecule has 2 aromatic carbocycles. The van der Waals surface area contributed by atoms with Crippen LogP contribution < -0.4 is 19.1 Å². The van der Waals surface area contributed by atoms with E-state index in [0.29, 0.717) is 45.9 Å². The lowest BCUT2D eigenvalue weighted by molar-refractivity contribution is -0.114. The third-order valence-electron chi connectivity index (χ3n) is 5.35. The number of aryl methyl sites for hydroxylation is 1. The average Bonchev–Trinajstić information content (AvgIpc) is 3.56. The third-order valence-corrected chi connectivity index (χ3v) is 6.89. The van der Waals surface area contributed by atoms with Crippen LogP contribution >= 0.6 is 22.9 Å². The Labute approximate surface area is 212 Å². The molecular weight excluding hydrogens is 488 g/mol. The van der Waals surface area contributed by atoms with Gasteiger partial charge >= 0.3 is 0 Å². The number of benzene rings is 2. The zero-order valence-corrected chi connectivity index (χ0v) is 21.2. The maximum Gasteiger partial charge on any atom is 0.252 e. The minimum absolute atomic E-state index is 0.195. The van der Waals surface area contributed by atoms with Gasteiger partial charge in [-0.1, -0.05) is 29.0 Å². The molecule has 0 atom stereocenters. The van der Waals surface area contributed by atoms with Crippen LogP contribution in [-0.2, 0) is 11.3 Å². The molecule has 0 aliphatic carbocycles. The van der Waals surface area contributed by atoms with Crippen LogP contribution in [0.25, 0.3) is 16.3 Å². The van der Waals surface area contributed by atoms with Crippen LogP contribution in [-0.4, -0.2) is 48.3 Å². The molecule has 2 heterocycles. The number of fused-ring (bicyclic) bond motifs is 1. The largest absolute Gasteiger partial charge is 0.494 e. The van der Waals surface area contributed by atoms with Crippen LogP contribution in [0.1, 0.15) is 12.0 Å². The molecule has 0 saturated carbocycles. The van der Waals surface area contributed by atoms with Gasteiger partial charge in [0.15, 0.2) is 16.6 Å². The van der Waals surface area contributed by atoms with Crippen molar-refractivity contribution in [2.75, 3.05) is 32.8 Å². The maximum atomic E-state index is 13.4. The number of halogens is 1. The van der Waals surface area contributed by atoms with Crippen LogP contribution in [0, 0.1) is 0 Å². The van der Waals surface area contributed by atoms with E-state index in [2.05, 4.69) is 4.98 Å². The number of imidazole rings is 1. The van der Waals surface area contributed by atoms with Crippen molar-refractivity contribution in [3.8, 4) is 17.2 Å². The summed E-state index contributed by atoms with van der Waals surface area (Å²) in [5, 5.41) is 1.12. The van der Waals surface area contributed by atoms with Crippen molar-refractivity contribution in [1.29, 1.82) is 0 Å². The van der Waals surface area contributed by atoms with Gasteiger partial charge in [-0.3, -0.25) is 9.69 Å². The zero-order chi connectivity index (χ0) is 24.8. The normalized spacial score (nSPS) is 11.2. The van der Waals surface area contributed by atoms with E-state index in [0.717, 1.165) is 16.8 Å². The van der Waals surface area contributed by atoms with Crippen molar-refractivity contribution in [2.45, 2.75) is 13.0 Å². The van der Waals surface area contributed by atoms with Crippen molar-refractivity contribution in [2.24, 2.45) is 0 Å². The molecule has 0 radical (unpaired) electrons. The van der Waals surface area contributed by atoms with Gasteiger partial charge in [-0.25, -0.2) is 9.97 Å². The first kappa shape index (κ1) is 24.6. The van der Waals surface area contributed by atoms with Gasteiger partial charge in [-0.2, -0.15) is 0 Å². The fraction of sp³-hybridized carbons (Fsp3) is 0.240. The molecule has 35 heavy (non-hydrogen) atoms. The van der Waals surface area contributed by atoms with E-state index < -0.39 is 0 Å². The lowest BCUT2D eigenvalue weighted by atomic mass is 10.2. The monoisotopic (exact) mass is 512 g/mol. The molecule has 4 aromatic rings. The number of amides is 1. The minimum atomic E-state index is -0.195. The molecule has 0 spiro atoms. The molecule has 0 fully saturated rings. The topological polar surface area (TPSA) is 78.7 Å². The highest BCUT2D eigenvalue weighted by Gasteiger charge is 2.20. The Morgan fingerprint density at radius 3 is 2.60 bits per heavy atom. The van der Waals surface area contributed by atoms with Crippen molar-refractivity contribution in [3.63, 3.8) is 0 Å². The summed E-state index contributed by atoms with van der Waals surface area (Å²) in [6, 6.07) is 9.02. The van der Waals surface area contributed by atoms with Gasteiger partial charge in [-0.05, 0) is 42.3 Å². The molecule has 0 unspecified atom stereocenters. The number of nitrogens with zero attached hydrogens (tertiary/aromatic N) is 4. The summed E-state index contributed by atoms with van der Waals surface area (Å²) in [5.74, 6) is 1.63. The summed E-state index contributed by atoms with van der Waals surface area (Å²) in [6.07, 6.45) is 9.37. The smallest absolute Gasteiger partial charge is 0.252 e. The predicted octanol–water partition coefficient (Wildman–Crippen LogP) is 5.31. The van der Waals surface area contributed by atoms with Gasteiger partial charge in [0.1, 0.15) is 11.3 Å². The van der Waals surface area contributed by atoms with E-state index >= 15 is 0 Å². The van der Waals surface area contributed by atoms with E-state index in [-0.39, 0.29) is 5.91 Å². The molecule has 2 aromatic heterocycles. The number of carbonyl (C=O) groups excluding carboxylic acids is 1. The van der Waals surface area contributed by atoms with E-state index in [4.69, 9.17) is 30.8 Å². The number of hydrogen-bond acceptors (Lipinski definition) is 7. The molecule has 1 amide bonds. The minimum Gasteiger partial charge on any atom is -0.494 e. The standard InChI is InChI=1S/C25H25ClN4O4S/c1-32-19-8-5-17(15-21(19)34-3)6-10-22(31)30(13-4-12-29-14-11-27-16-29)25-28-23-20(33-2)9-7-18(26)24(23)35-25/h5-11,14-16H,4,12-13H2,1-3H3/b10-6+. The summed E-state index contributed by atoms with van der Waals surface area (Å²) in [7, 11) is 4.74. The molecule has 0 saturated heterocycles. The van der Waals surface area contributed by atoms with Gasteiger partial charge in [0.25, 0.3) is 5.91 Å². The molecule has 0 aliphatic heterocycles. The highest BCUT2D eigenvalue weighted by Crippen LogP contribution is 2.39. The van der Waals surface area contributed by atoms with Crippen molar-refractivity contribution in [1.82, 2.24) is 14.5 Å². The molecule has 0 aliphatic rings. The molecule has 4 rings (SSSR count). The number of rotatable bonds is 10. The fourth-order valence-corrected chi connectivity index (χ4v) is 4.85. The Morgan fingerprint density at radius 2 is 1.89 bits per heavy atom. The summed E-state index contributed by atoms with van der Waals surface area (Å²) < 4.78 is 18.8. The SMILES string of the molecule is COc1ccc(/C=C/C(=O)N(CCCn2ccnc2)c2nc3c(OC)ccc(Cl)c3s2)cc1OC. The molecular formula is C25H25ClN4O4S. The number of anilines is 1. The Morgan fingerprint density at radius 1 is 1.11 bits per heavy atom. The summed E-state index contributed by atoms with van der Waals surface area (Å²) in [5.41, 5.74) is 1.44. The number of aromatic nitrogens is 3. The lowest BCUT2D eigenvalue weighted by Gasteiger charge is -2.18. The Balaban J connectivity index is 1.62. The van der Waals surface area contributed by atoms with E-state index in [1.165, 1.54) is 17.4 Å². The quantitative estimate of drug-likeness (QED) is 0.268. The molecule has 10 heteroatoms. The number of methoxy groups -OCH3 is 3. The van der Waals surface area contributed by atoms with Crippen molar-refractivity contribution in [3.05, 3.63) is 65.7 Å². The zero-order valence-electron chi connectivity index (χ0n) is 19.6. The second-order valence-electron chi connectivity index (χ2n) is 7.52. The molecule has 0 N–H and O–H groups in total. The molecule has 8 nitrogen and oxygen atoms in total. The average molecular weight is 513 g/mol. The number of thiazole rings is 1. The summed E-state index contributed by atoms with van der Waals surface area (Å²) in [4.78, 5) is 23.8. The van der Waals surface area contributed by atoms with Crippen molar-refractivity contribution >= 4 is 50.3 Å². The summed E-state index contributed by atoms with van der Waals surface area (Å²) in [6.45, 7) is 1.19. The van der Waals surface area contributed by atoms with Gasteiger partial charge in [0, 0.05) is 31.6 Å². The predicted molar refractivity (Wildman–Crippen MR) is 139 cm³/mol. The Kier molecular flexibility index (Phi) is 7.89. The highest BCUT2D eigenvalue weighted by molar-refractivity contribution is 7.23. The van der Waals surface area contributed by atoms with E-state index in [1.54, 1.807) is 63.0 Å². The highest BCUT2D eigenvalue weighted by atomic mass is 35.5. The van der Waals surface area contributed by atoms with Gasteiger partial charge < -0.3 is 18.8 Å². The van der Waals surface area contributed by atoms with Crippen LogP contribution in [0.5, 0.6) is 17.2 Å². The molecule has 182 valence electrons. The number of carbonyl (C=O) groups is 1. The molecule has 0 bridgehead atoms. The van der Waals surface area contributed by atoms with Gasteiger partial charge in [0.05, 0.1) is 37.4 Å². The van der Waals surface area contributed by atoms with E-state index in [9.17, 15) is 4.79 Å². The first-order chi connectivity index (χ1) is 17.0. The van der Waals surface area contributed by atoms with Gasteiger partial charge in [0.2, 0.25) is 0 Å². The van der Waals surface area contributed by atoms with Crippen LogP contribution in [0.15, 0.2) is 55.1 Å². The lowest BCUT2D eigenvalue weighted by Crippen LogP contribution is -2.30. The fourth-order valence-electron chi connectivity index (χ4n) is 3.57. The first-order valence-corrected chi connectivity index (χ1v) is 12.0. The van der Waals surface area contributed by atoms with Crippen molar-refractivity contribution < 1.29 is 19.0 Å². The number of hydrogen-bond donors (Lipinski definition) is 0. The van der Waals surface area contributed by atoms with Crippen LogP contribution in [0.4, 0.5) is 5.13 Å². The second-order valence-corrected chi connectivity index (χ2v) is 8.90. The van der Waals surface area contributed by atoms with Crippen LogP contribution in [0.2, 0.25) is 5.02 Å². The van der Waals surface area contributed by atoms with E-state index in [1.807, 2.05) is 22.9 Å². The Bertz CT molecular complexity index is 1340. The Hall–Kier alpha value is -3.56. The third kappa shape index (κ3) is 5.58.